The first-order chi connectivity index (χ1) is 14.3. The Bertz CT molecular complexity index is 1120. The van der Waals surface area contributed by atoms with E-state index in [2.05, 4.69) is 34.0 Å². The number of hydrogen-bond donors (Lipinski definition) is 1. The number of methoxy groups -OCH3 is 1. The number of amides is 1. The van der Waals surface area contributed by atoms with Gasteiger partial charge in [-0.1, -0.05) is 0 Å². The molecule has 0 atom stereocenters. The summed E-state index contributed by atoms with van der Waals surface area (Å²) in [4.78, 5) is 36.1. The molecule has 2 aromatic heterocycles. The molecule has 0 aliphatic heterocycles. The molecule has 0 aliphatic carbocycles. The van der Waals surface area contributed by atoms with E-state index < -0.39 is 4.92 Å². The third-order valence-corrected chi connectivity index (χ3v) is 5.98. The van der Waals surface area contributed by atoms with Crippen LogP contribution in [-0.4, -0.2) is 41.0 Å². The van der Waals surface area contributed by atoms with Crippen molar-refractivity contribution in [3.8, 4) is 5.75 Å². The maximum absolute atomic E-state index is 13.1. The average Bonchev–Trinajstić information content (AvgIpc) is 3.05. The maximum atomic E-state index is 13.1. The van der Waals surface area contributed by atoms with E-state index in [0.29, 0.717) is 16.5 Å². The molecule has 30 heavy (non-hydrogen) atoms. The van der Waals surface area contributed by atoms with E-state index in [1.807, 2.05) is 13.8 Å². The molecule has 0 fully saturated rings. The van der Waals surface area contributed by atoms with Gasteiger partial charge >= 0.3 is 0 Å². The summed E-state index contributed by atoms with van der Waals surface area (Å²) in [5, 5.41) is 14.7. The first kappa shape index (κ1) is 21.4. The average molecular weight is 430 g/mol. The van der Waals surface area contributed by atoms with Crippen LogP contribution in [0.15, 0.2) is 18.2 Å². The Morgan fingerprint density at radius 2 is 1.97 bits per heavy atom. The van der Waals surface area contributed by atoms with Crippen molar-refractivity contribution in [1.29, 1.82) is 0 Å². The molecule has 0 saturated heterocycles. The summed E-state index contributed by atoms with van der Waals surface area (Å²) in [5.74, 6) is 1.41. The van der Waals surface area contributed by atoms with E-state index in [9.17, 15) is 14.9 Å². The third kappa shape index (κ3) is 3.90. The Labute approximate surface area is 177 Å². The summed E-state index contributed by atoms with van der Waals surface area (Å²) in [5.41, 5.74) is 0.878. The molecule has 9 nitrogen and oxygen atoms in total. The van der Waals surface area contributed by atoms with Gasteiger partial charge in [-0.3, -0.25) is 14.9 Å². The SMILES string of the molecule is CCN(CC)c1nc(C)nc2sc(C(=O)Nc3cc([N+](=O)[O-])ccc3OC)c(C)c12. The number of rotatable bonds is 7. The lowest BCUT2D eigenvalue weighted by molar-refractivity contribution is -0.384. The Balaban J connectivity index is 2.07. The zero-order valence-corrected chi connectivity index (χ0v) is 18.3. The molecule has 3 rings (SSSR count). The summed E-state index contributed by atoms with van der Waals surface area (Å²) in [6, 6.07) is 4.07. The first-order valence-electron chi connectivity index (χ1n) is 9.47. The third-order valence-electron chi connectivity index (χ3n) is 4.79. The lowest BCUT2D eigenvalue weighted by atomic mass is 10.1. The fraction of sp³-hybridized carbons (Fsp3) is 0.350. The van der Waals surface area contributed by atoms with E-state index in [1.165, 1.54) is 36.6 Å². The number of aryl methyl sites for hydroxylation is 2. The molecule has 1 amide bonds. The van der Waals surface area contributed by atoms with Crippen LogP contribution in [0.4, 0.5) is 17.2 Å². The van der Waals surface area contributed by atoms with E-state index in [-0.39, 0.29) is 17.3 Å². The van der Waals surface area contributed by atoms with Crippen molar-refractivity contribution >= 4 is 44.7 Å². The highest BCUT2D eigenvalue weighted by Gasteiger charge is 2.23. The number of non-ortho nitro benzene ring substituents is 1. The molecule has 3 aromatic rings. The highest BCUT2D eigenvalue weighted by molar-refractivity contribution is 7.20. The molecule has 0 radical (unpaired) electrons. The number of nitro benzene ring substituents is 1. The Kier molecular flexibility index (Phi) is 6.16. The van der Waals surface area contributed by atoms with Gasteiger partial charge in [0, 0.05) is 25.2 Å². The van der Waals surface area contributed by atoms with Gasteiger partial charge in [-0.05, 0) is 39.3 Å². The van der Waals surface area contributed by atoms with Gasteiger partial charge in [0.05, 0.1) is 28.0 Å². The molecule has 0 aliphatic rings. The minimum absolute atomic E-state index is 0.135. The van der Waals surface area contributed by atoms with Crippen molar-refractivity contribution in [2.24, 2.45) is 0 Å². The molecular formula is C20H23N5O4S. The molecule has 10 heteroatoms. The Morgan fingerprint density at radius 1 is 1.27 bits per heavy atom. The smallest absolute Gasteiger partial charge is 0.271 e. The molecule has 158 valence electrons. The van der Waals surface area contributed by atoms with Gasteiger partial charge in [-0.15, -0.1) is 11.3 Å². The minimum atomic E-state index is -0.519. The van der Waals surface area contributed by atoms with E-state index >= 15 is 0 Å². The predicted molar refractivity (Wildman–Crippen MR) is 118 cm³/mol. The maximum Gasteiger partial charge on any atom is 0.271 e. The van der Waals surface area contributed by atoms with Crippen molar-refractivity contribution in [1.82, 2.24) is 9.97 Å². The number of nitro groups is 1. The largest absolute Gasteiger partial charge is 0.495 e. The lowest BCUT2D eigenvalue weighted by Crippen LogP contribution is -2.23. The zero-order valence-electron chi connectivity index (χ0n) is 17.5. The zero-order chi connectivity index (χ0) is 22.0. The fourth-order valence-corrected chi connectivity index (χ4v) is 4.39. The van der Waals surface area contributed by atoms with Crippen molar-refractivity contribution < 1.29 is 14.5 Å². The Morgan fingerprint density at radius 3 is 2.57 bits per heavy atom. The van der Waals surface area contributed by atoms with Crippen LogP contribution >= 0.6 is 11.3 Å². The second-order valence-corrected chi connectivity index (χ2v) is 7.60. The summed E-state index contributed by atoms with van der Waals surface area (Å²) >= 11 is 1.28. The number of aromatic nitrogens is 2. The highest BCUT2D eigenvalue weighted by Crippen LogP contribution is 2.37. The first-order valence-corrected chi connectivity index (χ1v) is 10.3. The molecule has 1 N–H and O–H groups in total. The predicted octanol–water partition coefficient (Wildman–Crippen LogP) is 4.32. The molecular weight excluding hydrogens is 406 g/mol. The standard InChI is InChI=1S/C20H23N5O4S/c1-6-24(7-2)18-16-11(3)17(30-20(16)22-12(4)21-18)19(26)23-14-10-13(25(27)28)8-9-15(14)29-5/h8-10H,6-7H2,1-5H3,(H,23,26). The molecule has 0 unspecified atom stereocenters. The van der Waals surface area contributed by atoms with Crippen LogP contribution in [0.5, 0.6) is 5.75 Å². The molecule has 0 saturated carbocycles. The molecule has 0 bridgehead atoms. The van der Waals surface area contributed by atoms with Gasteiger partial charge in [0.2, 0.25) is 0 Å². The second-order valence-electron chi connectivity index (χ2n) is 6.60. The normalized spacial score (nSPS) is 10.8. The molecule has 1 aromatic carbocycles. The number of nitrogens with zero attached hydrogens (tertiary/aromatic N) is 4. The van der Waals surface area contributed by atoms with Crippen molar-refractivity contribution in [2.45, 2.75) is 27.7 Å². The van der Waals surface area contributed by atoms with Gasteiger partial charge in [0.1, 0.15) is 22.2 Å². The number of ether oxygens (including phenoxy) is 1. The van der Waals surface area contributed by atoms with Gasteiger partial charge in [0.25, 0.3) is 11.6 Å². The summed E-state index contributed by atoms with van der Waals surface area (Å²) in [7, 11) is 1.44. The second kappa shape index (κ2) is 8.62. The van der Waals surface area contributed by atoms with Gasteiger partial charge in [-0.25, -0.2) is 9.97 Å². The number of thiophene rings is 1. The van der Waals surface area contributed by atoms with E-state index in [4.69, 9.17) is 4.74 Å². The van der Waals surface area contributed by atoms with Crippen LogP contribution < -0.4 is 15.0 Å². The van der Waals surface area contributed by atoms with Crippen molar-refractivity contribution in [3.63, 3.8) is 0 Å². The number of benzene rings is 1. The van der Waals surface area contributed by atoms with E-state index in [1.54, 1.807) is 0 Å². The van der Waals surface area contributed by atoms with Crippen LogP contribution in [0.3, 0.4) is 0 Å². The van der Waals surface area contributed by atoms with Gasteiger partial charge in [0.15, 0.2) is 0 Å². The summed E-state index contributed by atoms with van der Waals surface area (Å²) in [6.45, 7) is 9.36. The van der Waals surface area contributed by atoms with Crippen LogP contribution in [0.25, 0.3) is 10.2 Å². The minimum Gasteiger partial charge on any atom is -0.495 e. The lowest BCUT2D eigenvalue weighted by Gasteiger charge is -2.21. The molecule has 2 heterocycles. The summed E-state index contributed by atoms with van der Waals surface area (Å²) in [6.07, 6.45) is 0. The number of fused-ring (bicyclic) bond motifs is 1. The van der Waals surface area contributed by atoms with Crippen molar-refractivity contribution in [3.05, 3.63) is 44.6 Å². The van der Waals surface area contributed by atoms with Gasteiger partial charge < -0.3 is 15.0 Å². The number of carbonyl (C=O) groups excluding carboxylic acids is 1. The van der Waals surface area contributed by atoms with Crippen LogP contribution in [0.2, 0.25) is 0 Å². The van der Waals surface area contributed by atoms with Crippen LogP contribution in [0.1, 0.15) is 34.9 Å². The number of hydrogen-bond acceptors (Lipinski definition) is 8. The van der Waals surface area contributed by atoms with Gasteiger partial charge in [-0.2, -0.15) is 0 Å². The Hall–Kier alpha value is -3.27. The quantitative estimate of drug-likeness (QED) is 0.440. The summed E-state index contributed by atoms with van der Waals surface area (Å²) < 4.78 is 5.24. The number of nitrogens with one attached hydrogen (secondary N) is 1. The molecule has 0 spiro atoms. The van der Waals surface area contributed by atoms with E-state index in [0.717, 1.165) is 34.7 Å². The number of anilines is 2. The fourth-order valence-electron chi connectivity index (χ4n) is 3.28. The van der Waals surface area contributed by atoms with Crippen LogP contribution in [0, 0.1) is 24.0 Å². The van der Waals surface area contributed by atoms with Crippen molar-refractivity contribution in [2.75, 3.05) is 30.4 Å². The highest BCUT2D eigenvalue weighted by atomic mass is 32.1. The monoisotopic (exact) mass is 429 g/mol. The number of carbonyl (C=O) groups is 1. The van der Waals surface area contributed by atoms with Crippen LogP contribution in [-0.2, 0) is 0 Å². The topological polar surface area (TPSA) is 110 Å².